The maximum atomic E-state index is 12.7. The van der Waals surface area contributed by atoms with E-state index in [4.69, 9.17) is 9.47 Å². The van der Waals surface area contributed by atoms with Crippen LogP contribution in [0.4, 0.5) is 0 Å². The molecule has 0 N–H and O–H groups in total. The van der Waals surface area contributed by atoms with Crippen LogP contribution in [0, 0.1) is 0 Å². The van der Waals surface area contributed by atoms with E-state index >= 15 is 0 Å². The van der Waals surface area contributed by atoms with Gasteiger partial charge in [0.2, 0.25) is 5.91 Å². The van der Waals surface area contributed by atoms with Gasteiger partial charge in [-0.3, -0.25) is 9.59 Å². The molecule has 0 atom stereocenters. The van der Waals surface area contributed by atoms with Gasteiger partial charge in [-0.15, -0.1) is 6.58 Å². The van der Waals surface area contributed by atoms with Crippen molar-refractivity contribution in [2.24, 2.45) is 0 Å². The van der Waals surface area contributed by atoms with E-state index in [1.165, 1.54) is 4.90 Å². The number of carbonyl (C=O) groups excluding carboxylic acids is 3. The lowest BCUT2D eigenvalue weighted by molar-refractivity contribution is -0.147. The second-order valence-corrected chi connectivity index (χ2v) is 6.79. The number of ether oxygens (including phenoxy) is 2. The normalized spacial score (nSPS) is 10.8. The van der Waals surface area contributed by atoms with Gasteiger partial charge in [0, 0.05) is 12.1 Å². The van der Waals surface area contributed by atoms with Crippen molar-refractivity contribution >= 4 is 23.9 Å². The highest BCUT2D eigenvalue weighted by Gasteiger charge is 2.18. The second kappa shape index (κ2) is 12.1. The number of hydrogen-bond acceptors (Lipinski definition) is 5. The van der Waals surface area contributed by atoms with Gasteiger partial charge in [0.25, 0.3) is 0 Å². The average molecular weight is 421 g/mol. The first-order valence-corrected chi connectivity index (χ1v) is 9.99. The van der Waals surface area contributed by atoms with E-state index in [-0.39, 0.29) is 32.2 Å². The molecule has 2 rings (SSSR count). The van der Waals surface area contributed by atoms with Crippen LogP contribution in [0.5, 0.6) is 0 Å². The first kappa shape index (κ1) is 23.6. The summed E-state index contributed by atoms with van der Waals surface area (Å²) in [6.45, 7) is 7.56. The molecule has 0 saturated heterocycles. The van der Waals surface area contributed by atoms with Crippen LogP contribution in [0.2, 0.25) is 0 Å². The highest BCUT2D eigenvalue weighted by molar-refractivity contribution is 5.99. The summed E-state index contributed by atoms with van der Waals surface area (Å²) in [5.41, 5.74) is 2.54. The van der Waals surface area contributed by atoms with Crippen molar-refractivity contribution in [3.05, 3.63) is 89.5 Å². The van der Waals surface area contributed by atoms with E-state index in [9.17, 15) is 14.4 Å². The maximum absolute atomic E-state index is 12.7. The van der Waals surface area contributed by atoms with Crippen molar-refractivity contribution in [3.8, 4) is 0 Å². The molecule has 0 aromatic heterocycles. The molecular weight excluding hydrogens is 394 g/mol. The van der Waals surface area contributed by atoms with Crippen LogP contribution in [0.1, 0.15) is 35.3 Å². The molecule has 0 radical (unpaired) electrons. The zero-order valence-electron chi connectivity index (χ0n) is 17.9. The molecule has 0 saturated carbocycles. The smallest absolute Gasteiger partial charge is 0.338 e. The Bertz CT molecular complexity index is 932. The van der Waals surface area contributed by atoms with Gasteiger partial charge in [0.15, 0.2) is 0 Å². The van der Waals surface area contributed by atoms with E-state index in [0.29, 0.717) is 11.1 Å². The van der Waals surface area contributed by atoms with Crippen molar-refractivity contribution in [2.75, 3.05) is 19.7 Å². The Balaban J connectivity index is 2.01. The molecule has 0 aliphatic rings. The number of nitrogens with zero attached hydrogens (tertiary/aromatic N) is 1. The number of rotatable bonds is 10. The Hall–Kier alpha value is -3.67. The molecule has 31 heavy (non-hydrogen) atoms. The van der Waals surface area contributed by atoms with Gasteiger partial charge in [-0.25, -0.2) is 4.79 Å². The molecule has 162 valence electrons. The standard InChI is InChI=1S/C25H27NO5/c1-4-15-26(17-23(27)30-5-2)24(28)19(3)16-20-11-13-22(14-12-20)25(29)31-18-21-9-7-6-8-10-21/h4,6-14,16H,1,5,15,17-18H2,2-3H3/b19-16+. The van der Waals surface area contributed by atoms with E-state index in [2.05, 4.69) is 6.58 Å². The minimum atomic E-state index is -0.469. The van der Waals surface area contributed by atoms with Crippen molar-refractivity contribution in [1.82, 2.24) is 4.90 Å². The van der Waals surface area contributed by atoms with Gasteiger partial charge in [-0.2, -0.15) is 0 Å². The molecule has 0 aliphatic carbocycles. The summed E-state index contributed by atoms with van der Waals surface area (Å²) in [6, 6.07) is 16.2. The molecule has 0 spiro atoms. The molecule has 0 heterocycles. The average Bonchev–Trinajstić information content (AvgIpc) is 2.78. The number of esters is 2. The van der Waals surface area contributed by atoms with Crippen LogP contribution in [0.3, 0.4) is 0 Å². The highest BCUT2D eigenvalue weighted by atomic mass is 16.5. The Morgan fingerprint density at radius 2 is 1.68 bits per heavy atom. The molecule has 2 aromatic carbocycles. The zero-order valence-corrected chi connectivity index (χ0v) is 17.9. The SMILES string of the molecule is C=CCN(CC(=O)OCC)C(=O)/C(C)=C/c1ccc(C(=O)OCc2ccccc2)cc1. The van der Waals surface area contributed by atoms with Crippen LogP contribution in [0.25, 0.3) is 6.08 Å². The number of amides is 1. The summed E-state index contributed by atoms with van der Waals surface area (Å²) in [5, 5.41) is 0. The Morgan fingerprint density at radius 1 is 1.00 bits per heavy atom. The second-order valence-electron chi connectivity index (χ2n) is 6.79. The molecule has 0 unspecified atom stereocenters. The summed E-state index contributed by atoms with van der Waals surface area (Å²) in [7, 11) is 0. The quantitative estimate of drug-likeness (QED) is 0.329. The van der Waals surface area contributed by atoms with Crippen LogP contribution < -0.4 is 0 Å². The number of benzene rings is 2. The molecule has 0 aliphatic heterocycles. The third kappa shape index (κ3) is 7.59. The van der Waals surface area contributed by atoms with Gasteiger partial charge in [0.05, 0.1) is 12.2 Å². The van der Waals surface area contributed by atoms with Crippen LogP contribution in [-0.2, 0) is 25.7 Å². The van der Waals surface area contributed by atoms with Crippen molar-refractivity contribution in [2.45, 2.75) is 20.5 Å². The molecular formula is C25H27NO5. The monoisotopic (exact) mass is 421 g/mol. The Morgan fingerprint density at radius 3 is 2.29 bits per heavy atom. The van der Waals surface area contributed by atoms with E-state index < -0.39 is 11.9 Å². The third-order valence-electron chi connectivity index (χ3n) is 4.34. The van der Waals surface area contributed by atoms with Gasteiger partial charge in [0.1, 0.15) is 13.2 Å². The summed E-state index contributed by atoms with van der Waals surface area (Å²) in [4.78, 5) is 38.0. The van der Waals surface area contributed by atoms with Gasteiger partial charge >= 0.3 is 11.9 Å². The summed E-state index contributed by atoms with van der Waals surface area (Å²) in [6.07, 6.45) is 3.25. The van der Waals surface area contributed by atoms with Gasteiger partial charge in [-0.1, -0.05) is 48.5 Å². The molecule has 6 nitrogen and oxygen atoms in total. The molecule has 1 amide bonds. The van der Waals surface area contributed by atoms with Crippen LogP contribution in [0.15, 0.2) is 72.8 Å². The van der Waals surface area contributed by atoms with E-state index in [0.717, 1.165) is 11.1 Å². The molecule has 2 aromatic rings. The summed E-state index contributed by atoms with van der Waals surface area (Å²) in [5.74, 6) is -1.18. The summed E-state index contributed by atoms with van der Waals surface area (Å²) >= 11 is 0. The van der Waals surface area contributed by atoms with E-state index in [1.54, 1.807) is 50.3 Å². The minimum Gasteiger partial charge on any atom is -0.465 e. The fourth-order valence-electron chi connectivity index (χ4n) is 2.82. The fraction of sp³-hybridized carbons (Fsp3) is 0.240. The van der Waals surface area contributed by atoms with Crippen LogP contribution >= 0.6 is 0 Å². The lowest BCUT2D eigenvalue weighted by atomic mass is 10.1. The summed E-state index contributed by atoms with van der Waals surface area (Å²) < 4.78 is 10.2. The highest BCUT2D eigenvalue weighted by Crippen LogP contribution is 2.13. The molecule has 0 bridgehead atoms. The number of carbonyl (C=O) groups is 3. The van der Waals surface area contributed by atoms with E-state index in [1.807, 2.05) is 30.3 Å². The topological polar surface area (TPSA) is 72.9 Å². The minimum absolute atomic E-state index is 0.143. The molecule has 0 fully saturated rings. The number of hydrogen-bond donors (Lipinski definition) is 0. The van der Waals surface area contributed by atoms with Crippen LogP contribution in [-0.4, -0.2) is 42.4 Å². The Labute approximate surface area is 182 Å². The van der Waals surface area contributed by atoms with Crippen molar-refractivity contribution in [3.63, 3.8) is 0 Å². The molecule has 6 heteroatoms. The first-order valence-electron chi connectivity index (χ1n) is 9.99. The first-order chi connectivity index (χ1) is 14.9. The van der Waals surface area contributed by atoms with Gasteiger partial charge < -0.3 is 14.4 Å². The predicted molar refractivity (Wildman–Crippen MR) is 119 cm³/mol. The maximum Gasteiger partial charge on any atom is 0.338 e. The lowest BCUT2D eigenvalue weighted by Crippen LogP contribution is -2.37. The van der Waals surface area contributed by atoms with Crippen molar-refractivity contribution < 1.29 is 23.9 Å². The third-order valence-corrected chi connectivity index (χ3v) is 4.34. The Kier molecular flexibility index (Phi) is 9.23. The fourth-order valence-corrected chi connectivity index (χ4v) is 2.82. The largest absolute Gasteiger partial charge is 0.465 e. The van der Waals surface area contributed by atoms with Gasteiger partial charge in [-0.05, 0) is 43.2 Å². The van der Waals surface area contributed by atoms with Crippen molar-refractivity contribution in [1.29, 1.82) is 0 Å². The zero-order chi connectivity index (χ0) is 22.6. The lowest BCUT2D eigenvalue weighted by Gasteiger charge is -2.20. The predicted octanol–water partition coefficient (Wildman–Crippen LogP) is 4.02.